The molecule has 0 heterocycles. The Bertz CT molecular complexity index is 631. The van der Waals surface area contributed by atoms with Gasteiger partial charge in [-0.05, 0) is 54.4 Å². The fourth-order valence-corrected chi connectivity index (χ4v) is 4.66. The Balaban J connectivity index is 1.85. The molecule has 0 amide bonds. The van der Waals surface area contributed by atoms with Crippen LogP contribution in [0, 0.1) is 16.7 Å². The molecule has 118 valence electrons. The molecule has 1 aromatic rings. The summed E-state index contributed by atoms with van der Waals surface area (Å²) in [7, 11) is 0. The van der Waals surface area contributed by atoms with Crippen LogP contribution in [-0.2, 0) is 4.79 Å². The van der Waals surface area contributed by atoms with Gasteiger partial charge in [-0.15, -0.1) is 0 Å². The smallest absolute Gasteiger partial charge is 0.187 e. The summed E-state index contributed by atoms with van der Waals surface area (Å²) >= 11 is 5.86. The minimum Gasteiger partial charge on any atom is -0.381 e. The third-order valence-corrected chi connectivity index (χ3v) is 6.85. The van der Waals surface area contributed by atoms with Crippen molar-refractivity contribution in [2.24, 2.45) is 16.7 Å². The highest BCUT2D eigenvalue weighted by Crippen LogP contribution is 2.69. The molecule has 2 saturated carbocycles. The molecule has 1 N–H and O–H groups in total. The van der Waals surface area contributed by atoms with Gasteiger partial charge >= 0.3 is 0 Å². The third-order valence-electron chi connectivity index (χ3n) is 6.59. The predicted molar refractivity (Wildman–Crippen MR) is 89.7 cm³/mol. The average molecular weight is 319 g/mol. The van der Waals surface area contributed by atoms with Gasteiger partial charge in [0.15, 0.2) is 5.78 Å². The van der Waals surface area contributed by atoms with E-state index >= 15 is 0 Å². The van der Waals surface area contributed by atoms with Crippen molar-refractivity contribution >= 4 is 23.5 Å². The summed E-state index contributed by atoms with van der Waals surface area (Å²) in [5.41, 5.74) is -0.658. The van der Waals surface area contributed by atoms with E-state index in [0.29, 0.717) is 17.4 Å². The molecule has 22 heavy (non-hydrogen) atoms. The highest BCUT2D eigenvalue weighted by atomic mass is 35.5. The number of aliphatic hydroxyl groups is 1. The number of carbonyl (C=O) groups excluding carboxylic acids is 1. The molecule has 2 aliphatic rings. The molecule has 0 aromatic heterocycles. The maximum atomic E-state index is 12.7. The van der Waals surface area contributed by atoms with Crippen LogP contribution in [0.1, 0.15) is 45.6 Å². The lowest BCUT2D eigenvalue weighted by molar-refractivity contribution is -0.149. The van der Waals surface area contributed by atoms with Crippen LogP contribution in [-0.4, -0.2) is 16.5 Å². The number of ketones is 1. The van der Waals surface area contributed by atoms with Gasteiger partial charge in [0.1, 0.15) is 5.60 Å². The van der Waals surface area contributed by atoms with Crippen molar-refractivity contribution in [1.29, 1.82) is 0 Å². The monoisotopic (exact) mass is 318 g/mol. The zero-order valence-electron chi connectivity index (χ0n) is 13.4. The van der Waals surface area contributed by atoms with E-state index in [9.17, 15) is 9.90 Å². The van der Waals surface area contributed by atoms with Gasteiger partial charge in [-0.1, -0.05) is 50.6 Å². The first-order valence-corrected chi connectivity index (χ1v) is 8.29. The van der Waals surface area contributed by atoms with Crippen LogP contribution in [0.25, 0.3) is 6.08 Å². The zero-order chi connectivity index (χ0) is 16.2. The first-order chi connectivity index (χ1) is 10.2. The molecule has 3 heteroatoms. The predicted octanol–water partition coefficient (Wildman–Crippen LogP) is 4.50. The summed E-state index contributed by atoms with van der Waals surface area (Å²) < 4.78 is 0. The molecule has 0 unspecified atom stereocenters. The number of halogens is 1. The van der Waals surface area contributed by atoms with Gasteiger partial charge in [0.05, 0.1) is 0 Å². The fraction of sp³-hybridized carbons (Fsp3) is 0.526. The van der Waals surface area contributed by atoms with Crippen molar-refractivity contribution < 1.29 is 9.90 Å². The number of hydrogen-bond acceptors (Lipinski definition) is 2. The van der Waals surface area contributed by atoms with Gasteiger partial charge in [0, 0.05) is 10.4 Å². The van der Waals surface area contributed by atoms with Crippen molar-refractivity contribution in [1.82, 2.24) is 0 Å². The van der Waals surface area contributed by atoms with E-state index in [-0.39, 0.29) is 16.6 Å². The number of hydrogen-bond donors (Lipinski definition) is 1. The number of carbonyl (C=O) groups is 1. The summed E-state index contributed by atoms with van der Waals surface area (Å²) in [4.78, 5) is 12.7. The molecule has 3 atom stereocenters. The van der Waals surface area contributed by atoms with Gasteiger partial charge in [-0.2, -0.15) is 0 Å². The zero-order valence-corrected chi connectivity index (χ0v) is 14.2. The Kier molecular flexibility index (Phi) is 3.54. The van der Waals surface area contributed by atoms with E-state index in [2.05, 4.69) is 20.8 Å². The molecular formula is C19H23ClO2. The summed E-state index contributed by atoms with van der Waals surface area (Å²) in [6.45, 7) is 6.46. The van der Waals surface area contributed by atoms with Crippen molar-refractivity contribution in [3.05, 3.63) is 40.9 Å². The first-order valence-electron chi connectivity index (χ1n) is 7.91. The van der Waals surface area contributed by atoms with Crippen molar-refractivity contribution in [3.63, 3.8) is 0 Å². The van der Waals surface area contributed by atoms with Crippen molar-refractivity contribution in [2.45, 2.75) is 45.6 Å². The second-order valence-electron chi connectivity index (χ2n) is 7.60. The molecule has 2 aliphatic carbocycles. The van der Waals surface area contributed by atoms with Crippen LogP contribution in [0.15, 0.2) is 30.3 Å². The van der Waals surface area contributed by atoms with E-state index in [1.807, 2.05) is 12.1 Å². The Morgan fingerprint density at radius 2 is 1.91 bits per heavy atom. The van der Waals surface area contributed by atoms with Gasteiger partial charge in [0.25, 0.3) is 0 Å². The van der Waals surface area contributed by atoms with Gasteiger partial charge in [-0.25, -0.2) is 0 Å². The van der Waals surface area contributed by atoms with E-state index in [1.54, 1.807) is 18.2 Å². The molecule has 2 bridgehead atoms. The normalized spacial score (nSPS) is 36.1. The van der Waals surface area contributed by atoms with Crippen LogP contribution in [0.5, 0.6) is 0 Å². The Morgan fingerprint density at radius 3 is 2.41 bits per heavy atom. The first kappa shape index (κ1) is 15.8. The standard InChI is InChI=1S/C19H23ClO2/c1-17(2)14-10-11-18(17,3)19(22,12-14)16(21)9-6-13-4-7-15(20)8-5-13/h4-9,14,22H,10-12H2,1-3H3/b9-6+/t14-,18-,19+/m1/s1. The summed E-state index contributed by atoms with van der Waals surface area (Å²) in [6.07, 6.45) is 5.91. The van der Waals surface area contributed by atoms with Gasteiger partial charge in [-0.3, -0.25) is 4.79 Å². The molecule has 0 radical (unpaired) electrons. The van der Waals surface area contributed by atoms with Crippen molar-refractivity contribution in [2.75, 3.05) is 0 Å². The van der Waals surface area contributed by atoms with Gasteiger partial charge in [0.2, 0.25) is 0 Å². The number of rotatable bonds is 3. The van der Waals surface area contributed by atoms with Crippen LogP contribution >= 0.6 is 11.6 Å². The Morgan fingerprint density at radius 1 is 1.27 bits per heavy atom. The van der Waals surface area contributed by atoms with Gasteiger partial charge < -0.3 is 5.11 Å². The average Bonchev–Trinajstić information content (AvgIpc) is 2.78. The second kappa shape index (κ2) is 4.94. The van der Waals surface area contributed by atoms with E-state index in [4.69, 9.17) is 11.6 Å². The minimum absolute atomic E-state index is 0.00548. The summed E-state index contributed by atoms with van der Waals surface area (Å²) in [6, 6.07) is 7.32. The van der Waals surface area contributed by atoms with Crippen LogP contribution in [0.3, 0.4) is 0 Å². The third kappa shape index (κ3) is 2.00. The highest BCUT2D eigenvalue weighted by molar-refractivity contribution is 6.30. The lowest BCUT2D eigenvalue weighted by atomic mass is 9.63. The number of fused-ring (bicyclic) bond motifs is 2. The van der Waals surface area contributed by atoms with Crippen molar-refractivity contribution in [3.8, 4) is 0 Å². The fourth-order valence-electron chi connectivity index (χ4n) is 4.53. The molecule has 2 fully saturated rings. The Labute approximate surface area is 137 Å². The molecule has 1 aromatic carbocycles. The molecular weight excluding hydrogens is 296 g/mol. The lowest BCUT2D eigenvalue weighted by Crippen LogP contribution is -2.52. The Hall–Kier alpha value is -1.12. The summed E-state index contributed by atoms with van der Waals surface area (Å²) in [5.74, 6) is 0.260. The maximum Gasteiger partial charge on any atom is 0.187 e. The number of benzene rings is 1. The minimum atomic E-state index is -1.23. The summed E-state index contributed by atoms with van der Waals surface area (Å²) in [5, 5.41) is 11.8. The lowest BCUT2D eigenvalue weighted by Gasteiger charge is -2.43. The SMILES string of the molecule is CC1(C)[C@@H]2CC[C@@]1(C)[C@@](O)(C(=O)/C=C/c1ccc(Cl)cc1)C2. The van der Waals surface area contributed by atoms with Crippen LogP contribution in [0.4, 0.5) is 0 Å². The van der Waals surface area contributed by atoms with E-state index in [0.717, 1.165) is 18.4 Å². The molecule has 0 saturated heterocycles. The second-order valence-corrected chi connectivity index (χ2v) is 8.04. The van der Waals surface area contributed by atoms with E-state index in [1.165, 1.54) is 6.08 Å². The van der Waals surface area contributed by atoms with Crippen LogP contribution < -0.4 is 0 Å². The quantitative estimate of drug-likeness (QED) is 0.833. The van der Waals surface area contributed by atoms with Crippen LogP contribution in [0.2, 0.25) is 5.02 Å². The molecule has 3 rings (SSSR count). The highest BCUT2D eigenvalue weighted by Gasteiger charge is 2.70. The molecule has 0 aliphatic heterocycles. The molecule has 0 spiro atoms. The van der Waals surface area contributed by atoms with E-state index < -0.39 is 5.60 Å². The maximum absolute atomic E-state index is 12.7. The topological polar surface area (TPSA) is 37.3 Å². The largest absolute Gasteiger partial charge is 0.381 e. The molecule has 2 nitrogen and oxygen atoms in total.